The Morgan fingerprint density at radius 3 is 2.67 bits per heavy atom. The molecule has 39 heavy (non-hydrogen) atoms. The van der Waals surface area contributed by atoms with E-state index in [1.807, 2.05) is 31.2 Å². The van der Waals surface area contributed by atoms with Gasteiger partial charge >= 0.3 is 12.2 Å². The molecule has 2 amide bonds. The largest absolute Gasteiger partial charge is 0.474 e. The van der Waals surface area contributed by atoms with Gasteiger partial charge in [-0.25, -0.2) is 4.79 Å². The minimum atomic E-state index is -4.23. The van der Waals surface area contributed by atoms with Crippen LogP contribution in [0, 0.1) is 12.8 Å². The Bertz CT molecular complexity index is 1170. The molecule has 2 saturated heterocycles. The molecule has 2 aliphatic heterocycles. The standard InChI is InChI=1S/C28H35F3N4O4/c1-18-2-3-21(32-27(37)35-7-6-19(17-35)16-28(29,30)31)14-24(18)20-12-25(34-8-10-38-11-9-34)33-26(13-20)39-23-5-4-22(36)15-23/h2-3,12-14,19,22-23,36H,4-11,15-17H2,1H3,(H,32,37)/t19-,22-,23-/m0/s1. The molecule has 8 nitrogen and oxygen atoms in total. The first-order valence-electron chi connectivity index (χ1n) is 13.6. The number of aliphatic hydroxyl groups excluding tert-OH is 1. The number of carbonyl (C=O) groups is 1. The van der Waals surface area contributed by atoms with Gasteiger partial charge in [-0.05, 0) is 67.0 Å². The SMILES string of the molecule is Cc1ccc(NC(=O)N2CC[C@@H](CC(F)(F)F)C2)cc1-c1cc(O[C@H]2CC[C@H](O)C2)nc(N2CCOCC2)c1. The number of anilines is 2. The second kappa shape index (κ2) is 11.6. The van der Waals surface area contributed by atoms with Crippen molar-refractivity contribution in [1.82, 2.24) is 9.88 Å². The molecule has 2 N–H and O–H groups in total. The fourth-order valence-corrected chi connectivity index (χ4v) is 5.58. The highest BCUT2D eigenvalue weighted by Crippen LogP contribution is 2.34. The van der Waals surface area contributed by atoms with Crippen molar-refractivity contribution in [3.8, 4) is 17.0 Å². The molecule has 0 radical (unpaired) electrons. The van der Waals surface area contributed by atoms with E-state index < -0.39 is 24.5 Å². The first kappa shape index (κ1) is 27.5. The quantitative estimate of drug-likeness (QED) is 0.529. The number of pyridine rings is 1. The van der Waals surface area contributed by atoms with E-state index >= 15 is 0 Å². The van der Waals surface area contributed by atoms with Crippen molar-refractivity contribution in [2.75, 3.05) is 49.6 Å². The van der Waals surface area contributed by atoms with Gasteiger partial charge in [-0.15, -0.1) is 0 Å². The topological polar surface area (TPSA) is 87.2 Å². The van der Waals surface area contributed by atoms with Crippen LogP contribution in [0.25, 0.3) is 11.1 Å². The number of rotatable bonds is 6. The number of aryl methyl sites for hydroxylation is 1. The molecule has 1 aromatic heterocycles. The maximum Gasteiger partial charge on any atom is 0.389 e. The van der Waals surface area contributed by atoms with Crippen molar-refractivity contribution in [2.45, 2.75) is 57.4 Å². The summed E-state index contributed by atoms with van der Waals surface area (Å²) in [7, 11) is 0. The van der Waals surface area contributed by atoms with Crippen LogP contribution in [0.15, 0.2) is 30.3 Å². The molecular weight excluding hydrogens is 513 g/mol. The molecule has 11 heteroatoms. The number of carbonyl (C=O) groups excluding carboxylic acids is 1. The van der Waals surface area contributed by atoms with E-state index in [0.29, 0.717) is 63.7 Å². The molecule has 3 heterocycles. The van der Waals surface area contributed by atoms with E-state index in [4.69, 9.17) is 14.5 Å². The Labute approximate surface area is 226 Å². The highest BCUT2D eigenvalue weighted by Gasteiger charge is 2.36. The Morgan fingerprint density at radius 2 is 1.95 bits per heavy atom. The number of hydrogen-bond donors (Lipinski definition) is 2. The molecule has 0 bridgehead atoms. The fourth-order valence-electron chi connectivity index (χ4n) is 5.58. The van der Waals surface area contributed by atoms with Crippen LogP contribution < -0.4 is 15.0 Å². The number of alkyl halides is 3. The van der Waals surface area contributed by atoms with Gasteiger partial charge in [0.15, 0.2) is 0 Å². The number of urea groups is 1. The lowest BCUT2D eigenvalue weighted by atomic mass is 10.00. The molecule has 3 fully saturated rings. The van der Waals surface area contributed by atoms with Crippen LogP contribution in [-0.4, -0.2) is 78.8 Å². The van der Waals surface area contributed by atoms with Gasteiger partial charge in [0.05, 0.1) is 19.3 Å². The zero-order valence-electron chi connectivity index (χ0n) is 22.0. The minimum Gasteiger partial charge on any atom is -0.474 e. The maximum absolute atomic E-state index is 12.9. The van der Waals surface area contributed by atoms with Crippen LogP contribution in [0.4, 0.5) is 29.5 Å². The second-order valence-corrected chi connectivity index (χ2v) is 10.7. The first-order chi connectivity index (χ1) is 18.6. The molecule has 0 spiro atoms. The number of nitrogens with zero attached hydrogens (tertiary/aromatic N) is 3. The normalized spacial score (nSPS) is 23.8. The summed E-state index contributed by atoms with van der Waals surface area (Å²) in [6.07, 6.45) is -3.19. The molecule has 2 aromatic rings. The zero-order valence-corrected chi connectivity index (χ0v) is 22.0. The maximum atomic E-state index is 12.9. The summed E-state index contributed by atoms with van der Waals surface area (Å²) < 4.78 is 50.0. The van der Waals surface area contributed by atoms with Gasteiger partial charge in [-0.3, -0.25) is 0 Å². The minimum absolute atomic E-state index is 0.0912. The van der Waals surface area contributed by atoms with E-state index in [1.54, 1.807) is 6.07 Å². The average Bonchev–Trinajstić information content (AvgIpc) is 3.53. The smallest absolute Gasteiger partial charge is 0.389 e. The number of morpholine rings is 1. The number of aliphatic hydroxyl groups is 1. The fraction of sp³-hybridized carbons (Fsp3) is 0.571. The summed E-state index contributed by atoms with van der Waals surface area (Å²) in [4.78, 5) is 21.2. The van der Waals surface area contributed by atoms with Gasteiger partial charge in [-0.2, -0.15) is 18.2 Å². The number of aromatic nitrogens is 1. The Hall–Kier alpha value is -3.05. The predicted octanol–water partition coefficient (Wildman–Crippen LogP) is 4.99. The molecule has 3 atom stereocenters. The van der Waals surface area contributed by atoms with Crippen molar-refractivity contribution < 1.29 is 32.5 Å². The third-order valence-corrected chi connectivity index (χ3v) is 7.66. The molecule has 1 aliphatic carbocycles. The zero-order chi connectivity index (χ0) is 27.6. The van der Waals surface area contributed by atoms with Crippen LogP contribution in [0.5, 0.6) is 5.88 Å². The molecule has 3 aliphatic rings. The molecule has 212 valence electrons. The number of likely N-dealkylation sites (tertiary alicyclic amines) is 1. The monoisotopic (exact) mass is 548 g/mol. The van der Waals surface area contributed by atoms with Crippen LogP contribution in [-0.2, 0) is 4.74 Å². The molecule has 1 aromatic carbocycles. The van der Waals surface area contributed by atoms with E-state index in [-0.39, 0.29) is 18.8 Å². The van der Waals surface area contributed by atoms with Gasteiger partial charge in [0, 0.05) is 50.8 Å². The highest BCUT2D eigenvalue weighted by molar-refractivity contribution is 5.90. The summed E-state index contributed by atoms with van der Waals surface area (Å²) in [5.74, 6) is 0.680. The van der Waals surface area contributed by atoms with E-state index in [0.717, 1.165) is 28.9 Å². The summed E-state index contributed by atoms with van der Waals surface area (Å²) >= 11 is 0. The summed E-state index contributed by atoms with van der Waals surface area (Å²) in [6, 6.07) is 9.05. The second-order valence-electron chi connectivity index (χ2n) is 10.7. The molecule has 1 saturated carbocycles. The van der Waals surface area contributed by atoms with Crippen molar-refractivity contribution in [3.63, 3.8) is 0 Å². The Kier molecular flexibility index (Phi) is 8.18. The number of benzene rings is 1. The number of halogens is 3. The van der Waals surface area contributed by atoms with Crippen molar-refractivity contribution in [1.29, 1.82) is 0 Å². The van der Waals surface area contributed by atoms with E-state index in [9.17, 15) is 23.1 Å². The number of ether oxygens (including phenoxy) is 2. The van der Waals surface area contributed by atoms with Gasteiger partial charge < -0.3 is 29.7 Å². The van der Waals surface area contributed by atoms with E-state index in [1.165, 1.54) is 4.90 Å². The first-order valence-corrected chi connectivity index (χ1v) is 13.6. The Balaban J connectivity index is 1.36. The van der Waals surface area contributed by atoms with Crippen LogP contribution in [0.1, 0.15) is 37.7 Å². The highest BCUT2D eigenvalue weighted by atomic mass is 19.4. The average molecular weight is 549 g/mol. The predicted molar refractivity (Wildman–Crippen MR) is 141 cm³/mol. The lowest BCUT2D eigenvalue weighted by Gasteiger charge is -2.29. The molecule has 0 unspecified atom stereocenters. The summed E-state index contributed by atoms with van der Waals surface area (Å²) in [5.41, 5.74) is 3.31. The van der Waals surface area contributed by atoms with Gasteiger partial charge in [0.25, 0.3) is 0 Å². The lowest BCUT2D eigenvalue weighted by molar-refractivity contribution is -0.143. The van der Waals surface area contributed by atoms with Crippen LogP contribution in [0.3, 0.4) is 0 Å². The van der Waals surface area contributed by atoms with E-state index in [2.05, 4.69) is 10.2 Å². The molecular formula is C28H35F3N4O4. The van der Waals surface area contributed by atoms with Gasteiger partial charge in [0.1, 0.15) is 11.9 Å². The van der Waals surface area contributed by atoms with Gasteiger partial charge in [0.2, 0.25) is 5.88 Å². The lowest BCUT2D eigenvalue weighted by Crippen LogP contribution is -2.36. The van der Waals surface area contributed by atoms with Crippen molar-refractivity contribution in [2.24, 2.45) is 5.92 Å². The number of hydrogen-bond acceptors (Lipinski definition) is 6. The number of amides is 2. The van der Waals surface area contributed by atoms with Crippen LogP contribution in [0.2, 0.25) is 0 Å². The van der Waals surface area contributed by atoms with Gasteiger partial charge in [-0.1, -0.05) is 6.07 Å². The molecule has 5 rings (SSSR count). The third kappa shape index (κ3) is 7.13. The third-order valence-electron chi connectivity index (χ3n) is 7.66. The summed E-state index contributed by atoms with van der Waals surface area (Å²) in [5, 5.41) is 12.8. The Morgan fingerprint density at radius 1 is 1.15 bits per heavy atom. The van der Waals surface area contributed by atoms with Crippen molar-refractivity contribution in [3.05, 3.63) is 35.9 Å². The summed E-state index contributed by atoms with van der Waals surface area (Å²) in [6.45, 7) is 5.00. The number of nitrogens with one attached hydrogen (secondary N) is 1. The van der Waals surface area contributed by atoms with Crippen LogP contribution >= 0.6 is 0 Å². The van der Waals surface area contributed by atoms with Crippen molar-refractivity contribution >= 4 is 17.5 Å².